The zero-order chi connectivity index (χ0) is 36.7. The number of para-hydroxylation sites is 1. The van der Waals surface area contributed by atoms with Crippen LogP contribution in [0.1, 0.15) is 47.4 Å². The number of nitrogens with one attached hydrogen (secondary N) is 5. The minimum Gasteiger partial charge on any atom is -0.359 e. The van der Waals surface area contributed by atoms with Gasteiger partial charge in [-0.2, -0.15) is 0 Å². The van der Waals surface area contributed by atoms with E-state index in [9.17, 15) is 24.0 Å². The van der Waals surface area contributed by atoms with E-state index in [0.717, 1.165) is 11.5 Å². The predicted octanol–water partition coefficient (Wildman–Crippen LogP) is 4.15. The lowest BCUT2D eigenvalue weighted by Crippen LogP contribution is -2.52. The number of hydrogen-bond donors (Lipinski definition) is 6. The number of amides is 6. The summed E-state index contributed by atoms with van der Waals surface area (Å²) in [7, 11) is 3.36. The van der Waals surface area contributed by atoms with Crippen LogP contribution in [0.2, 0.25) is 0 Å². The van der Waals surface area contributed by atoms with E-state index >= 15 is 0 Å². The second kappa shape index (κ2) is 23.7. The van der Waals surface area contributed by atoms with Crippen molar-refractivity contribution in [2.45, 2.75) is 26.7 Å². The molecule has 1 saturated heterocycles. The standard InChI is InChI=1S/C31H40N8O5S2.C2H6.C2H2/c32-11-19-45-46-20-14-35-30(43)33-12-4-5-13-34-31(44)37-25-10-6-9-23-24(21-36-26(23)25)27(40)29(42)39-17-15-38(16-18-39)28(41)22-7-2-1-3-8-22;2*1-2/h1-3,6-10,21,36H,4-5,11-20,32H2,(H2,33,35,43)(H2,34,37,44);1-2H3;1-2H. The van der Waals surface area contributed by atoms with E-state index < -0.39 is 17.7 Å². The molecule has 2 aromatic carbocycles. The summed E-state index contributed by atoms with van der Waals surface area (Å²) in [5.41, 5.74) is 7.23. The van der Waals surface area contributed by atoms with Crippen molar-refractivity contribution in [3.63, 3.8) is 0 Å². The van der Waals surface area contributed by atoms with Crippen molar-refractivity contribution in [2.24, 2.45) is 5.73 Å². The van der Waals surface area contributed by atoms with Crippen molar-refractivity contribution in [1.82, 2.24) is 30.7 Å². The molecule has 1 aliphatic heterocycles. The Balaban J connectivity index is 0.00000209. The highest BCUT2D eigenvalue weighted by atomic mass is 33.1. The highest BCUT2D eigenvalue weighted by Gasteiger charge is 2.30. The van der Waals surface area contributed by atoms with Gasteiger partial charge >= 0.3 is 12.1 Å². The van der Waals surface area contributed by atoms with Crippen LogP contribution in [0.4, 0.5) is 15.3 Å². The highest BCUT2D eigenvalue weighted by Crippen LogP contribution is 2.26. The number of hydrogen-bond acceptors (Lipinski definition) is 8. The number of nitrogens with zero attached hydrogens (tertiary/aromatic N) is 2. The molecule has 0 radical (unpaired) electrons. The van der Waals surface area contributed by atoms with Crippen LogP contribution in [0.25, 0.3) is 10.9 Å². The van der Waals surface area contributed by atoms with Gasteiger partial charge in [0, 0.05) is 81.0 Å². The van der Waals surface area contributed by atoms with E-state index in [1.807, 2.05) is 19.9 Å². The molecule has 270 valence electrons. The molecule has 0 aliphatic carbocycles. The molecule has 0 saturated carbocycles. The summed E-state index contributed by atoms with van der Waals surface area (Å²) in [6, 6.07) is 13.5. The van der Waals surface area contributed by atoms with Gasteiger partial charge < -0.3 is 41.8 Å². The lowest BCUT2D eigenvalue weighted by Gasteiger charge is -2.34. The molecule has 1 fully saturated rings. The van der Waals surface area contributed by atoms with Crippen LogP contribution in [0, 0.1) is 12.8 Å². The summed E-state index contributed by atoms with van der Waals surface area (Å²) in [4.78, 5) is 69.6. The normalized spacial score (nSPS) is 12.0. The molecule has 50 heavy (non-hydrogen) atoms. The third-order valence-corrected chi connectivity index (χ3v) is 9.65. The van der Waals surface area contributed by atoms with E-state index in [2.05, 4.69) is 39.1 Å². The Labute approximate surface area is 302 Å². The van der Waals surface area contributed by atoms with Gasteiger partial charge in [-0.05, 0) is 31.0 Å². The lowest BCUT2D eigenvalue weighted by molar-refractivity contribution is -0.127. The monoisotopic (exact) mass is 724 g/mol. The number of ketones is 1. The molecule has 15 heteroatoms. The number of carbonyl (C=O) groups is 5. The summed E-state index contributed by atoms with van der Waals surface area (Å²) < 4.78 is 0. The van der Waals surface area contributed by atoms with Crippen molar-refractivity contribution < 1.29 is 24.0 Å². The number of aromatic amines is 1. The number of benzene rings is 2. The van der Waals surface area contributed by atoms with Crippen LogP contribution in [-0.2, 0) is 4.79 Å². The van der Waals surface area contributed by atoms with E-state index in [4.69, 9.17) is 5.73 Å². The number of terminal acetylenes is 1. The maximum Gasteiger partial charge on any atom is 0.319 e. The average molecular weight is 725 g/mol. The molecule has 1 aromatic heterocycles. The Morgan fingerprint density at radius 3 is 2.04 bits per heavy atom. The Morgan fingerprint density at radius 1 is 0.780 bits per heavy atom. The second-order valence-corrected chi connectivity index (χ2v) is 13.1. The molecule has 3 aromatic rings. The highest BCUT2D eigenvalue weighted by molar-refractivity contribution is 8.76. The van der Waals surface area contributed by atoms with Gasteiger partial charge in [0.15, 0.2) is 0 Å². The summed E-state index contributed by atoms with van der Waals surface area (Å²) in [6.45, 7) is 7.31. The third-order valence-electron chi connectivity index (χ3n) is 7.21. The molecule has 13 nitrogen and oxygen atoms in total. The SMILES string of the molecule is C#C.CC.NCCSSCCNC(=O)NCCCCNC(=O)Nc1cccc2c(C(=O)C(=O)N3CCN(C(=O)c4ccccc4)CC3)c[nH]c12. The second-order valence-electron chi connectivity index (χ2n) is 10.4. The van der Waals surface area contributed by atoms with Crippen molar-refractivity contribution in [3.8, 4) is 12.8 Å². The molecule has 1 aliphatic rings. The number of unbranched alkanes of at least 4 members (excludes halogenated alkanes) is 1. The van der Waals surface area contributed by atoms with Crippen LogP contribution >= 0.6 is 21.6 Å². The largest absolute Gasteiger partial charge is 0.359 e. The van der Waals surface area contributed by atoms with Gasteiger partial charge in [0.2, 0.25) is 0 Å². The summed E-state index contributed by atoms with van der Waals surface area (Å²) in [5.74, 6) is 0.303. The van der Waals surface area contributed by atoms with E-state index in [-0.39, 0.29) is 30.6 Å². The Kier molecular flexibility index (Phi) is 19.6. The van der Waals surface area contributed by atoms with Crippen molar-refractivity contribution in [2.75, 3.05) is 69.2 Å². The molecular weight excluding hydrogens is 677 g/mol. The molecule has 7 N–H and O–H groups in total. The number of piperazine rings is 1. The molecular formula is C35H48N8O5S2. The van der Waals surface area contributed by atoms with Gasteiger partial charge in [0.25, 0.3) is 17.6 Å². The average Bonchev–Trinajstić information content (AvgIpc) is 3.61. The van der Waals surface area contributed by atoms with E-state index in [1.54, 1.807) is 69.0 Å². The predicted molar refractivity (Wildman–Crippen MR) is 204 cm³/mol. The molecule has 4 rings (SSSR count). The fraction of sp³-hybridized carbons (Fsp3) is 0.400. The van der Waals surface area contributed by atoms with E-state index in [1.165, 1.54) is 11.1 Å². The molecule has 0 atom stereocenters. The lowest BCUT2D eigenvalue weighted by atomic mass is 10.1. The van der Waals surface area contributed by atoms with Crippen molar-refractivity contribution in [3.05, 3.63) is 65.9 Å². The van der Waals surface area contributed by atoms with Gasteiger partial charge in [0.05, 0.1) is 16.8 Å². The smallest absolute Gasteiger partial charge is 0.319 e. The van der Waals surface area contributed by atoms with Gasteiger partial charge in [-0.3, -0.25) is 14.4 Å². The number of fused-ring (bicyclic) bond motifs is 1. The van der Waals surface area contributed by atoms with Gasteiger partial charge in [-0.1, -0.05) is 65.8 Å². The first-order valence-electron chi connectivity index (χ1n) is 16.5. The minimum atomic E-state index is -0.654. The molecule has 0 spiro atoms. The molecule has 2 heterocycles. The number of rotatable bonds is 15. The van der Waals surface area contributed by atoms with Crippen molar-refractivity contribution >= 4 is 67.8 Å². The minimum absolute atomic E-state index is 0.101. The van der Waals surface area contributed by atoms with Crippen LogP contribution in [0.3, 0.4) is 0 Å². The van der Waals surface area contributed by atoms with E-state index in [0.29, 0.717) is 74.3 Å². The Hall–Kier alpha value is -4.65. The number of anilines is 1. The maximum absolute atomic E-state index is 13.2. The quantitative estimate of drug-likeness (QED) is 0.0445. The third kappa shape index (κ3) is 13.0. The first-order valence-corrected chi connectivity index (χ1v) is 19.0. The fourth-order valence-corrected chi connectivity index (χ4v) is 6.60. The van der Waals surface area contributed by atoms with Crippen LogP contribution in [-0.4, -0.2) is 108 Å². The number of Topliss-reactive ketones (excluding diaryl/α,β-unsaturated/α-hetero) is 1. The molecule has 0 bridgehead atoms. The Bertz CT molecular complexity index is 1540. The number of urea groups is 2. The number of nitrogens with two attached hydrogens (primary N) is 1. The topological polar surface area (TPSA) is 182 Å². The zero-order valence-electron chi connectivity index (χ0n) is 28.7. The van der Waals surface area contributed by atoms with Gasteiger partial charge in [-0.15, -0.1) is 12.8 Å². The molecule has 6 amide bonds. The summed E-state index contributed by atoms with van der Waals surface area (Å²) in [5, 5.41) is 11.7. The molecule has 0 unspecified atom stereocenters. The van der Waals surface area contributed by atoms with Crippen LogP contribution in [0.5, 0.6) is 0 Å². The number of aromatic nitrogens is 1. The first kappa shape index (κ1) is 41.5. The van der Waals surface area contributed by atoms with Gasteiger partial charge in [0.1, 0.15) is 0 Å². The van der Waals surface area contributed by atoms with Crippen LogP contribution < -0.4 is 27.0 Å². The zero-order valence-corrected chi connectivity index (χ0v) is 30.3. The first-order chi connectivity index (χ1) is 24.4. The maximum atomic E-state index is 13.2. The van der Waals surface area contributed by atoms with Crippen LogP contribution in [0.15, 0.2) is 54.7 Å². The van der Waals surface area contributed by atoms with Gasteiger partial charge in [-0.25, -0.2) is 9.59 Å². The fourth-order valence-electron chi connectivity index (χ4n) is 4.84. The number of carbonyl (C=O) groups excluding carboxylic acids is 5. The number of H-pyrrole nitrogens is 1. The summed E-state index contributed by atoms with van der Waals surface area (Å²) >= 11 is 0. The van der Waals surface area contributed by atoms with Crippen molar-refractivity contribution in [1.29, 1.82) is 0 Å². The summed E-state index contributed by atoms with van der Waals surface area (Å²) in [6.07, 6.45) is 10.8. The Morgan fingerprint density at radius 2 is 1.38 bits per heavy atom.